The van der Waals surface area contributed by atoms with Crippen LogP contribution in [0.4, 0.5) is 26.3 Å². The Hall–Kier alpha value is -2.49. The van der Waals surface area contributed by atoms with Crippen molar-refractivity contribution in [2.45, 2.75) is 30.1 Å². The van der Waals surface area contributed by atoms with Gasteiger partial charge in [-0.25, -0.2) is 8.78 Å². The molecule has 0 saturated heterocycles. The fourth-order valence-corrected chi connectivity index (χ4v) is 3.19. The highest BCUT2D eigenvalue weighted by molar-refractivity contribution is 7.87. The summed E-state index contributed by atoms with van der Waals surface area (Å²) in [7, 11) is -4.33. The third kappa shape index (κ3) is 4.16. The highest BCUT2D eigenvalue weighted by Crippen LogP contribution is 2.47. The molecule has 0 N–H and O–H groups in total. The van der Waals surface area contributed by atoms with Crippen LogP contribution in [0.2, 0.25) is 0 Å². The molecular weight excluding hydrogens is 410 g/mol. The number of halogens is 6. The first kappa shape index (κ1) is 21.8. The molecule has 28 heavy (non-hydrogen) atoms. The van der Waals surface area contributed by atoms with Crippen molar-refractivity contribution < 1.29 is 38.9 Å². The van der Waals surface area contributed by atoms with E-state index in [0.29, 0.717) is 18.2 Å². The molecule has 0 amide bonds. The minimum atomic E-state index is -5.61. The predicted molar refractivity (Wildman–Crippen MR) is 90.3 cm³/mol. The molecule has 0 aliphatic rings. The highest BCUT2D eigenvalue weighted by Gasteiger charge is 2.63. The number of hydrogen-bond donors (Lipinski definition) is 0. The van der Waals surface area contributed by atoms with Crippen LogP contribution in [0.1, 0.15) is 18.1 Å². The topological polar surface area (TPSA) is 43.4 Å². The van der Waals surface area contributed by atoms with E-state index in [1.165, 1.54) is 37.3 Å². The number of hydrogen-bond acceptors (Lipinski definition) is 3. The summed E-state index contributed by atoms with van der Waals surface area (Å²) < 4.78 is 109. The van der Waals surface area contributed by atoms with Gasteiger partial charge in [0, 0.05) is 11.1 Å². The van der Waals surface area contributed by atoms with E-state index in [1.807, 2.05) is 0 Å². The van der Waals surface area contributed by atoms with Gasteiger partial charge in [0.05, 0.1) is 0 Å². The van der Waals surface area contributed by atoms with Crippen LogP contribution in [0, 0.1) is 0 Å². The van der Waals surface area contributed by atoms with E-state index in [0.717, 1.165) is 6.08 Å². The molecule has 0 unspecified atom stereocenters. The minimum Gasteiger partial charge on any atom is -0.378 e. The van der Waals surface area contributed by atoms with Crippen molar-refractivity contribution >= 4 is 16.2 Å². The number of rotatable bonds is 7. The Morgan fingerprint density at radius 3 is 2.14 bits per heavy atom. The quantitative estimate of drug-likeness (QED) is 0.437. The zero-order valence-electron chi connectivity index (χ0n) is 14.3. The summed E-state index contributed by atoms with van der Waals surface area (Å²) in [6, 6.07) is 8.49. The summed E-state index contributed by atoms with van der Waals surface area (Å²) >= 11 is 0. The maximum atomic E-state index is 13.9. The molecule has 0 spiro atoms. The predicted octanol–water partition coefficient (Wildman–Crippen LogP) is 5.48. The Labute approximate surface area is 157 Å². The lowest BCUT2D eigenvalue weighted by Gasteiger charge is -2.26. The smallest absolute Gasteiger partial charge is 0.373 e. The second-order valence-electron chi connectivity index (χ2n) is 5.60. The van der Waals surface area contributed by atoms with E-state index in [-0.39, 0.29) is 10.5 Å². The van der Waals surface area contributed by atoms with Crippen molar-refractivity contribution in [3.8, 4) is 5.75 Å². The molecule has 0 saturated carbocycles. The third-order valence-electron chi connectivity index (χ3n) is 3.64. The normalized spacial score (nSPS) is 13.3. The lowest BCUT2D eigenvalue weighted by atomic mass is 9.99. The molecule has 2 rings (SSSR count). The van der Waals surface area contributed by atoms with Gasteiger partial charge in [0.25, 0.3) is 0 Å². The second kappa shape index (κ2) is 7.86. The Bertz CT molecular complexity index is 957. The molecule has 0 bridgehead atoms. The molecule has 2 aromatic rings. The fraction of sp³-hybridized carbons (Fsp3) is 0.222. The van der Waals surface area contributed by atoms with Crippen molar-refractivity contribution in [3.05, 3.63) is 65.7 Å². The van der Waals surface area contributed by atoms with Crippen LogP contribution < -0.4 is 4.18 Å². The average Bonchev–Trinajstić information content (AvgIpc) is 2.63. The number of allylic oxidation sites excluding steroid dienone is 1. The fourth-order valence-electron chi connectivity index (χ4n) is 2.21. The molecule has 0 aliphatic carbocycles. The van der Waals surface area contributed by atoms with Crippen LogP contribution in [0.5, 0.6) is 5.75 Å². The molecular formula is C18H14F6O3S. The van der Waals surface area contributed by atoms with E-state index in [2.05, 4.69) is 0 Å². The summed E-state index contributed by atoms with van der Waals surface area (Å²) in [5.41, 5.74) is -1.71. The van der Waals surface area contributed by atoms with Gasteiger partial charge in [-0.2, -0.15) is 26.0 Å². The van der Waals surface area contributed by atoms with Gasteiger partial charge in [-0.3, -0.25) is 0 Å². The lowest BCUT2D eigenvalue weighted by molar-refractivity contribution is -0.270. The number of alkyl halides is 6. The maximum absolute atomic E-state index is 13.9. The van der Waals surface area contributed by atoms with Gasteiger partial charge in [-0.05, 0) is 37.3 Å². The van der Waals surface area contributed by atoms with Crippen LogP contribution in [0.15, 0.2) is 59.5 Å². The van der Waals surface area contributed by atoms with Gasteiger partial charge in [0.2, 0.25) is 0 Å². The first-order chi connectivity index (χ1) is 12.9. The summed E-state index contributed by atoms with van der Waals surface area (Å²) in [6.07, 6.45) is -2.16. The van der Waals surface area contributed by atoms with Crippen LogP contribution in [0.3, 0.4) is 0 Å². The monoisotopic (exact) mass is 424 g/mol. The molecule has 2 aromatic carbocycles. The standard InChI is InChI=1S/C18H14F6O3S/c1-2-6-12-11-13(17(21,22)18(23,24)16(19)20)9-10-15(12)27-28(25,26)14-7-4-3-5-8-14/h2-11,16H,1H3. The zero-order chi connectivity index (χ0) is 21.2. The zero-order valence-corrected chi connectivity index (χ0v) is 15.1. The molecule has 0 heterocycles. The van der Waals surface area contributed by atoms with E-state index < -0.39 is 39.7 Å². The molecule has 0 aliphatic heterocycles. The third-order valence-corrected chi connectivity index (χ3v) is 4.89. The van der Waals surface area contributed by atoms with Crippen molar-refractivity contribution in [2.75, 3.05) is 0 Å². The van der Waals surface area contributed by atoms with E-state index in [9.17, 15) is 34.8 Å². The van der Waals surface area contributed by atoms with Crippen molar-refractivity contribution in [1.29, 1.82) is 0 Å². The van der Waals surface area contributed by atoms with Crippen molar-refractivity contribution in [2.24, 2.45) is 0 Å². The van der Waals surface area contributed by atoms with Gasteiger partial charge in [0.15, 0.2) is 0 Å². The summed E-state index contributed by atoms with van der Waals surface area (Å²) in [5, 5.41) is 0. The van der Waals surface area contributed by atoms with Gasteiger partial charge >= 0.3 is 28.4 Å². The molecule has 152 valence electrons. The Kier molecular flexibility index (Phi) is 6.12. The minimum absolute atomic E-state index is 0.222. The Balaban J connectivity index is 2.50. The van der Waals surface area contributed by atoms with Crippen LogP contribution in [-0.4, -0.2) is 20.8 Å². The SMILES string of the molecule is CC=Cc1cc(C(F)(F)C(F)(F)C(F)F)ccc1OS(=O)(=O)c1ccccc1. The van der Waals surface area contributed by atoms with E-state index >= 15 is 0 Å². The molecule has 0 atom stereocenters. The van der Waals surface area contributed by atoms with Crippen molar-refractivity contribution in [1.82, 2.24) is 0 Å². The van der Waals surface area contributed by atoms with Gasteiger partial charge in [-0.15, -0.1) is 0 Å². The van der Waals surface area contributed by atoms with Crippen molar-refractivity contribution in [3.63, 3.8) is 0 Å². The highest BCUT2D eigenvalue weighted by atomic mass is 32.2. The Morgan fingerprint density at radius 1 is 1.00 bits per heavy atom. The summed E-state index contributed by atoms with van der Waals surface area (Å²) in [6.45, 7) is 1.45. The molecule has 3 nitrogen and oxygen atoms in total. The molecule has 0 fully saturated rings. The molecule has 10 heteroatoms. The van der Waals surface area contributed by atoms with Gasteiger partial charge < -0.3 is 4.18 Å². The second-order valence-corrected chi connectivity index (χ2v) is 7.15. The molecule has 0 aromatic heterocycles. The maximum Gasteiger partial charge on any atom is 0.373 e. The Morgan fingerprint density at radius 2 is 1.61 bits per heavy atom. The van der Waals surface area contributed by atoms with Gasteiger partial charge in [0.1, 0.15) is 10.6 Å². The summed E-state index contributed by atoms with van der Waals surface area (Å²) in [4.78, 5) is -0.222. The van der Waals surface area contributed by atoms with Crippen LogP contribution in [0.25, 0.3) is 6.08 Å². The summed E-state index contributed by atoms with van der Waals surface area (Å²) in [5.74, 6) is -11.2. The van der Waals surface area contributed by atoms with Crippen LogP contribution in [-0.2, 0) is 16.0 Å². The first-order valence-electron chi connectivity index (χ1n) is 7.74. The average molecular weight is 424 g/mol. The van der Waals surface area contributed by atoms with Crippen LogP contribution >= 0.6 is 0 Å². The molecule has 0 radical (unpaired) electrons. The number of benzene rings is 2. The van der Waals surface area contributed by atoms with Gasteiger partial charge in [-0.1, -0.05) is 30.4 Å². The largest absolute Gasteiger partial charge is 0.378 e. The van der Waals surface area contributed by atoms with E-state index in [1.54, 1.807) is 6.07 Å². The first-order valence-corrected chi connectivity index (χ1v) is 9.15. The van der Waals surface area contributed by atoms with E-state index in [4.69, 9.17) is 4.18 Å². The lowest BCUT2D eigenvalue weighted by Crippen LogP contribution is -2.44.